The lowest BCUT2D eigenvalue weighted by Crippen LogP contribution is -2.16. The molecule has 0 spiro atoms. The topological polar surface area (TPSA) is 101 Å². The number of fused-ring (bicyclic) bond motifs is 2. The molecule has 0 aliphatic carbocycles. The highest BCUT2D eigenvalue weighted by Gasteiger charge is 2.15. The molecular formula is C28H23N3O3S. The molecule has 7 heteroatoms. The van der Waals surface area contributed by atoms with E-state index in [1.165, 1.54) is 0 Å². The fraction of sp³-hybridized carbons (Fsp3) is 0.107. The van der Waals surface area contributed by atoms with Gasteiger partial charge >= 0.3 is 5.97 Å². The first-order valence-electron chi connectivity index (χ1n) is 11.2. The van der Waals surface area contributed by atoms with Crippen molar-refractivity contribution in [2.24, 2.45) is 0 Å². The van der Waals surface area contributed by atoms with Crippen LogP contribution in [0.5, 0.6) is 0 Å². The molecule has 0 bridgehead atoms. The summed E-state index contributed by atoms with van der Waals surface area (Å²) in [5.41, 5.74) is 6.12. The number of nitrogens with one attached hydrogen (secondary N) is 3. The Bertz CT molecular complexity index is 1590. The van der Waals surface area contributed by atoms with Gasteiger partial charge in [-0.3, -0.25) is 0 Å². The Kier molecular flexibility index (Phi) is 6.59. The van der Waals surface area contributed by atoms with Crippen LogP contribution in [0.2, 0.25) is 0 Å². The largest absolute Gasteiger partial charge is 0.478 e. The van der Waals surface area contributed by atoms with Crippen molar-refractivity contribution in [3.05, 3.63) is 95.3 Å². The summed E-state index contributed by atoms with van der Waals surface area (Å²) in [4.78, 5) is 18.6. The average Bonchev–Trinajstić information content (AvgIpc) is 3.50. The van der Waals surface area contributed by atoms with Gasteiger partial charge in [0.05, 0.1) is 5.56 Å². The standard InChI is InChI=1S/C28H23N3O3S/c32-28(33)24-3-1-2-20(27(24)22-9-8-19-10-11-30-25(19)16-22)6-4-18-5-7-21-15-23(31-26(21)14-18)17-29-12-13-35-34/h1-3,5,7-11,14-16,29-31,34H,12-13,17H2,(H,32,33). The number of hydrogen-bond donors (Lipinski definition) is 5. The molecule has 0 atom stereocenters. The van der Waals surface area contributed by atoms with E-state index >= 15 is 0 Å². The van der Waals surface area contributed by atoms with Gasteiger partial charge in [-0.05, 0) is 70.8 Å². The van der Waals surface area contributed by atoms with Crippen molar-refractivity contribution in [1.82, 2.24) is 15.3 Å². The third kappa shape index (κ3) is 4.96. The Hall–Kier alpha value is -3.96. The molecule has 3 aromatic carbocycles. The van der Waals surface area contributed by atoms with Crippen LogP contribution in [0.4, 0.5) is 0 Å². The zero-order valence-corrected chi connectivity index (χ0v) is 19.6. The van der Waals surface area contributed by atoms with E-state index in [1.54, 1.807) is 12.1 Å². The maximum absolute atomic E-state index is 12.0. The molecule has 0 fully saturated rings. The summed E-state index contributed by atoms with van der Waals surface area (Å²) in [5.74, 6) is 6.08. The van der Waals surface area contributed by atoms with Gasteiger partial charge in [0.1, 0.15) is 0 Å². The van der Waals surface area contributed by atoms with Gasteiger partial charge in [-0.15, -0.1) is 0 Å². The summed E-state index contributed by atoms with van der Waals surface area (Å²) in [5, 5.41) is 15.3. The number of carbonyl (C=O) groups is 1. The number of aromatic carboxylic acids is 1. The normalized spacial score (nSPS) is 11.0. The lowest BCUT2D eigenvalue weighted by atomic mass is 9.93. The first-order chi connectivity index (χ1) is 17.1. The zero-order valence-electron chi connectivity index (χ0n) is 18.8. The lowest BCUT2D eigenvalue weighted by Gasteiger charge is -2.10. The fourth-order valence-corrected chi connectivity index (χ4v) is 4.43. The minimum absolute atomic E-state index is 0.222. The maximum atomic E-state index is 12.0. The molecule has 0 radical (unpaired) electrons. The molecule has 0 aliphatic rings. The van der Waals surface area contributed by atoms with Crippen LogP contribution < -0.4 is 5.32 Å². The minimum atomic E-state index is -0.984. The van der Waals surface area contributed by atoms with Crippen molar-refractivity contribution in [2.75, 3.05) is 12.3 Å². The van der Waals surface area contributed by atoms with Crippen LogP contribution in [-0.2, 0) is 6.54 Å². The Morgan fingerprint density at radius 1 is 0.971 bits per heavy atom. The Labute approximate surface area is 206 Å². The van der Waals surface area contributed by atoms with E-state index in [0.29, 0.717) is 23.4 Å². The molecular weight excluding hydrogens is 458 g/mol. The van der Waals surface area contributed by atoms with Crippen LogP contribution in [0, 0.1) is 11.8 Å². The lowest BCUT2D eigenvalue weighted by molar-refractivity contribution is 0.0697. The number of hydrogen-bond acceptors (Lipinski definition) is 4. The number of H-pyrrole nitrogens is 2. The van der Waals surface area contributed by atoms with Gasteiger partial charge in [-0.2, -0.15) is 0 Å². The zero-order chi connectivity index (χ0) is 24.2. The van der Waals surface area contributed by atoms with E-state index in [4.69, 9.17) is 4.55 Å². The SMILES string of the molecule is O=C(O)c1cccc(C#Cc2ccc3cc(CNCCSO)[nH]c3c2)c1-c1ccc2cc[nH]c2c1. The molecule has 0 saturated carbocycles. The second-order valence-corrected chi connectivity index (χ2v) is 8.84. The molecule has 0 unspecified atom stereocenters. The highest BCUT2D eigenvalue weighted by molar-refractivity contribution is 7.93. The van der Waals surface area contributed by atoms with Gasteiger partial charge in [0.15, 0.2) is 0 Å². The second-order valence-electron chi connectivity index (χ2n) is 8.17. The van der Waals surface area contributed by atoms with Crippen LogP contribution in [0.1, 0.15) is 27.2 Å². The number of carboxylic acid groups (broad SMARTS) is 1. The van der Waals surface area contributed by atoms with Crippen molar-refractivity contribution in [3.8, 4) is 23.0 Å². The number of aromatic nitrogens is 2. The third-order valence-corrected chi connectivity index (χ3v) is 6.23. The van der Waals surface area contributed by atoms with Gasteiger partial charge in [0.25, 0.3) is 0 Å². The Balaban J connectivity index is 1.49. The molecule has 174 valence electrons. The Morgan fingerprint density at radius 3 is 2.71 bits per heavy atom. The smallest absolute Gasteiger partial charge is 0.336 e. The molecule has 5 N–H and O–H groups in total. The summed E-state index contributed by atoms with van der Waals surface area (Å²) >= 11 is 0.828. The van der Waals surface area contributed by atoms with E-state index in [1.807, 2.05) is 54.7 Å². The monoisotopic (exact) mass is 481 g/mol. The van der Waals surface area contributed by atoms with Crippen LogP contribution in [0.25, 0.3) is 32.9 Å². The molecule has 5 aromatic rings. The maximum Gasteiger partial charge on any atom is 0.336 e. The van der Waals surface area contributed by atoms with Gasteiger partial charge in [-0.25, -0.2) is 4.79 Å². The number of benzene rings is 3. The summed E-state index contributed by atoms with van der Waals surface area (Å²) in [6, 6.07) is 21.1. The second kappa shape index (κ2) is 10.1. The van der Waals surface area contributed by atoms with Crippen molar-refractivity contribution < 1.29 is 14.5 Å². The summed E-state index contributed by atoms with van der Waals surface area (Å²) in [6.07, 6.45) is 1.87. The third-order valence-electron chi connectivity index (χ3n) is 5.84. The van der Waals surface area contributed by atoms with Gasteiger partial charge in [0, 0.05) is 58.5 Å². The van der Waals surface area contributed by atoms with E-state index < -0.39 is 5.97 Å². The quantitative estimate of drug-likeness (QED) is 0.116. The first kappa shape index (κ1) is 22.8. The molecule has 0 saturated heterocycles. The molecule has 0 aliphatic heterocycles. The van der Waals surface area contributed by atoms with E-state index in [2.05, 4.69) is 33.2 Å². The van der Waals surface area contributed by atoms with E-state index in [-0.39, 0.29) is 5.56 Å². The van der Waals surface area contributed by atoms with Gasteiger partial charge < -0.3 is 24.9 Å². The van der Waals surface area contributed by atoms with Crippen molar-refractivity contribution in [1.29, 1.82) is 0 Å². The fourth-order valence-electron chi connectivity index (χ4n) is 4.19. The van der Waals surface area contributed by atoms with Crippen molar-refractivity contribution in [2.45, 2.75) is 6.54 Å². The molecule has 6 nitrogen and oxygen atoms in total. The average molecular weight is 482 g/mol. The van der Waals surface area contributed by atoms with Crippen molar-refractivity contribution >= 4 is 39.8 Å². The number of aromatic amines is 2. The minimum Gasteiger partial charge on any atom is -0.478 e. The first-order valence-corrected chi connectivity index (χ1v) is 12.1. The highest BCUT2D eigenvalue weighted by Crippen LogP contribution is 2.30. The summed E-state index contributed by atoms with van der Waals surface area (Å²) < 4.78 is 8.82. The van der Waals surface area contributed by atoms with Crippen LogP contribution >= 0.6 is 12.0 Å². The predicted octanol–water partition coefficient (Wildman–Crippen LogP) is 5.71. The molecule has 0 amide bonds. The van der Waals surface area contributed by atoms with Crippen LogP contribution in [0.15, 0.2) is 72.9 Å². The molecule has 2 aromatic heterocycles. The molecule has 2 heterocycles. The van der Waals surface area contributed by atoms with E-state index in [9.17, 15) is 9.90 Å². The number of rotatable bonds is 7. The van der Waals surface area contributed by atoms with E-state index in [0.717, 1.165) is 57.2 Å². The van der Waals surface area contributed by atoms with Crippen LogP contribution in [0.3, 0.4) is 0 Å². The molecule has 5 rings (SSSR count). The molecule has 35 heavy (non-hydrogen) atoms. The predicted molar refractivity (Wildman–Crippen MR) is 142 cm³/mol. The summed E-state index contributed by atoms with van der Waals surface area (Å²) in [7, 11) is 0. The van der Waals surface area contributed by atoms with Crippen LogP contribution in [-0.4, -0.2) is 37.9 Å². The van der Waals surface area contributed by atoms with Gasteiger partial charge in [-0.1, -0.05) is 36.1 Å². The van der Waals surface area contributed by atoms with Gasteiger partial charge in [0.2, 0.25) is 0 Å². The van der Waals surface area contributed by atoms with Crippen molar-refractivity contribution in [3.63, 3.8) is 0 Å². The Morgan fingerprint density at radius 2 is 1.86 bits per heavy atom. The highest BCUT2D eigenvalue weighted by atomic mass is 32.2. The number of carboxylic acids is 1. The summed E-state index contributed by atoms with van der Waals surface area (Å²) in [6.45, 7) is 1.41.